The van der Waals surface area contributed by atoms with Gasteiger partial charge in [0.1, 0.15) is 0 Å². The minimum atomic E-state index is -0.528. The number of likely N-dealkylation sites (tertiary alicyclic amines) is 1. The number of benzene rings is 1. The van der Waals surface area contributed by atoms with Gasteiger partial charge in [-0.3, -0.25) is 4.79 Å². The van der Waals surface area contributed by atoms with Crippen LogP contribution in [-0.2, 0) is 16.0 Å². The van der Waals surface area contributed by atoms with Crippen LogP contribution in [0.1, 0.15) is 46.1 Å². The Balaban J connectivity index is 1.37. The fraction of sp³-hybridized carbons (Fsp3) is 0.421. The van der Waals surface area contributed by atoms with Gasteiger partial charge < -0.3 is 9.64 Å². The summed E-state index contributed by atoms with van der Waals surface area (Å²) in [5.74, 6) is -0.474. The van der Waals surface area contributed by atoms with Crippen molar-refractivity contribution in [2.24, 2.45) is 0 Å². The predicted molar refractivity (Wildman–Crippen MR) is 108 cm³/mol. The molecule has 7 nitrogen and oxygen atoms in total. The molecule has 3 heterocycles. The molecular formula is C19H20N4O3S2. The lowest BCUT2D eigenvalue weighted by molar-refractivity contribution is -0.135. The Morgan fingerprint density at radius 1 is 1.32 bits per heavy atom. The SMILES string of the molecule is CCc1nnsc1C(=O)OCC(=O)N1CCC[C@H](c2nc3ccccc3s2)C1. The number of hydrogen-bond acceptors (Lipinski definition) is 8. The van der Waals surface area contributed by atoms with Crippen LogP contribution in [0.25, 0.3) is 10.2 Å². The van der Waals surface area contributed by atoms with Gasteiger partial charge >= 0.3 is 5.97 Å². The summed E-state index contributed by atoms with van der Waals surface area (Å²) in [6.07, 6.45) is 2.53. The number of esters is 1. The Hall–Kier alpha value is -2.39. The van der Waals surface area contributed by atoms with Crippen molar-refractivity contribution in [2.45, 2.75) is 32.1 Å². The van der Waals surface area contributed by atoms with Crippen molar-refractivity contribution in [2.75, 3.05) is 19.7 Å². The van der Waals surface area contributed by atoms with Crippen molar-refractivity contribution in [3.8, 4) is 0 Å². The summed E-state index contributed by atoms with van der Waals surface area (Å²) in [5.41, 5.74) is 1.61. The number of piperidine rings is 1. The lowest BCUT2D eigenvalue weighted by atomic mass is 9.99. The maximum atomic E-state index is 12.6. The number of fused-ring (bicyclic) bond motifs is 1. The van der Waals surface area contributed by atoms with Crippen LogP contribution >= 0.6 is 22.9 Å². The normalized spacial score (nSPS) is 17.0. The summed E-state index contributed by atoms with van der Waals surface area (Å²) in [5, 5.41) is 4.97. The molecule has 1 saturated heterocycles. The maximum absolute atomic E-state index is 12.6. The smallest absolute Gasteiger partial charge is 0.352 e. The van der Waals surface area contributed by atoms with Crippen LogP contribution < -0.4 is 0 Å². The second kappa shape index (κ2) is 8.32. The number of rotatable bonds is 5. The molecular weight excluding hydrogens is 396 g/mol. The van der Waals surface area contributed by atoms with Crippen molar-refractivity contribution < 1.29 is 14.3 Å². The van der Waals surface area contributed by atoms with Gasteiger partial charge in [-0.1, -0.05) is 23.5 Å². The van der Waals surface area contributed by atoms with Crippen LogP contribution in [0.5, 0.6) is 0 Å². The number of amides is 1. The first-order valence-electron chi connectivity index (χ1n) is 9.27. The summed E-state index contributed by atoms with van der Waals surface area (Å²) in [7, 11) is 0. The van der Waals surface area contributed by atoms with E-state index in [0.717, 1.165) is 34.9 Å². The van der Waals surface area contributed by atoms with E-state index >= 15 is 0 Å². The highest BCUT2D eigenvalue weighted by molar-refractivity contribution is 7.18. The topological polar surface area (TPSA) is 85.3 Å². The molecule has 1 aliphatic heterocycles. The lowest BCUT2D eigenvalue weighted by Gasteiger charge is -2.31. The molecule has 2 aromatic heterocycles. The van der Waals surface area contributed by atoms with E-state index in [1.54, 1.807) is 16.2 Å². The highest BCUT2D eigenvalue weighted by Gasteiger charge is 2.28. The average Bonchev–Trinajstić information content (AvgIpc) is 3.38. The van der Waals surface area contributed by atoms with Gasteiger partial charge in [-0.05, 0) is 42.9 Å². The van der Waals surface area contributed by atoms with Gasteiger partial charge in [0.05, 0.1) is 20.9 Å². The number of para-hydroxylation sites is 1. The molecule has 0 saturated carbocycles. The minimum absolute atomic E-state index is 0.172. The van der Waals surface area contributed by atoms with E-state index in [1.165, 1.54) is 4.70 Å². The molecule has 0 unspecified atom stereocenters. The van der Waals surface area contributed by atoms with Gasteiger partial charge in [0.15, 0.2) is 11.5 Å². The fourth-order valence-corrected chi connectivity index (χ4v) is 5.09. The van der Waals surface area contributed by atoms with Crippen LogP contribution in [0.3, 0.4) is 0 Å². The van der Waals surface area contributed by atoms with Gasteiger partial charge in [0.2, 0.25) is 0 Å². The van der Waals surface area contributed by atoms with Crippen molar-refractivity contribution in [1.29, 1.82) is 0 Å². The molecule has 9 heteroatoms. The summed E-state index contributed by atoms with van der Waals surface area (Å²) in [6.45, 7) is 2.93. The van der Waals surface area contributed by atoms with E-state index in [-0.39, 0.29) is 18.4 Å². The number of thiazole rings is 1. The van der Waals surface area contributed by atoms with Crippen LogP contribution in [0.15, 0.2) is 24.3 Å². The molecule has 1 fully saturated rings. The third-order valence-electron chi connectivity index (χ3n) is 4.84. The zero-order valence-corrected chi connectivity index (χ0v) is 17.1. The van der Waals surface area contributed by atoms with Crippen LogP contribution in [0.2, 0.25) is 0 Å². The first-order valence-corrected chi connectivity index (χ1v) is 10.9. The maximum Gasteiger partial charge on any atom is 0.352 e. The number of ether oxygens (including phenoxy) is 1. The zero-order chi connectivity index (χ0) is 19.5. The molecule has 0 spiro atoms. The summed E-state index contributed by atoms with van der Waals surface area (Å²) < 4.78 is 10.2. The molecule has 146 valence electrons. The zero-order valence-electron chi connectivity index (χ0n) is 15.5. The van der Waals surface area contributed by atoms with Gasteiger partial charge in [0, 0.05) is 19.0 Å². The van der Waals surface area contributed by atoms with Gasteiger partial charge in [-0.2, -0.15) is 0 Å². The van der Waals surface area contributed by atoms with Crippen LogP contribution in [0.4, 0.5) is 0 Å². The summed E-state index contributed by atoms with van der Waals surface area (Å²) in [6, 6.07) is 8.08. The third kappa shape index (κ3) is 3.90. The Bertz CT molecular complexity index is 967. The molecule has 0 N–H and O–H groups in total. The molecule has 28 heavy (non-hydrogen) atoms. The molecule has 1 aliphatic rings. The van der Waals surface area contributed by atoms with Gasteiger partial charge in [0.25, 0.3) is 5.91 Å². The van der Waals surface area contributed by atoms with E-state index in [4.69, 9.17) is 9.72 Å². The van der Waals surface area contributed by atoms with Crippen LogP contribution in [0, 0.1) is 0 Å². The molecule has 1 atom stereocenters. The molecule has 4 rings (SSSR count). The monoisotopic (exact) mass is 416 g/mol. The Morgan fingerprint density at radius 3 is 3.00 bits per heavy atom. The third-order valence-corrected chi connectivity index (χ3v) is 6.78. The molecule has 0 aliphatic carbocycles. The van der Waals surface area contributed by atoms with E-state index in [2.05, 4.69) is 15.7 Å². The molecule has 1 amide bonds. The van der Waals surface area contributed by atoms with Crippen molar-refractivity contribution in [1.82, 2.24) is 19.5 Å². The first kappa shape index (κ1) is 18.9. The fourth-order valence-electron chi connectivity index (χ4n) is 3.35. The standard InChI is InChI=1S/C19H20N4O3S2/c1-2-13-17(28-22-21-13)19(25)26-11-16(24)23-9-5-6-12(10-23)18-20-14-7-3-4-8-15(14)27-18/h3-4,7-8,12H,2,5-6,9-11H2,1H3/t12-/m0/s1. The molecule has 3 aromatic rings. The summed E-state index contributed by atoms with van der Waals surface area (Å²) in [4.78, 5) is 31.7. The Labute approximate surface area is 170 Å². The number of carbonyl (C=O) groups is 2. The molecule has 0 radical (unpaired) electrons. The minimum Gasteiger partial charge on any atom is -0.451 e. The number of aromatic nitrogens is 3. The number of carbonyl (C=O) groups excluding carboxylic acids is 2. The average molecular weight is 417 g/mol. The van der Waals surface area contributed by atoms with E-state index < -0.39 is 5.97 Å². The number of hydrogen-bond donors (Lipinski definition) is 0. The lowest BCUT2D eigenvalue weighted by Crippen LogP contribution is -2.41. The Kier molecular flexibility index (Phi) is 5.63. The molecule has 0 bridgehead atoms. The highest BCUT2D eigenvalue weighted by Crippen LogP contribution is 2.33. The predicted octanol–water partition coefficient (Wildman–Crippen LogP) is 3.27. The van der Waals surface area contributed by atoms with Crippen LogP contribution in [-0.4, -0.2) is 51.0 Å². The number of nitrogens with zero attached hydrogens (tertiary/aromatic N) is 4. The van der Waals surface area contributed by atoms with Gasteiger partial charge in [-0.25, -0.2) is 9.78 Å². The Morgan fingerprint density at radius 2 is 2.18 bits per heavy atom. The van der Waals surface area contributed by atoms with E-state index in [1.807, 2.05) is 25.1 Å². The second-order valence-corrected chi connectivity index (χ2v) is 8.49. The number of aryl methyl sites for hydroxylation is 1. The van der Waals surface area contributed by atoms with Crippen molar-refractivity contribution in [3.05, 3.63) is 39.8 Å². The van der Waals surface area contributed by atoms with Crippen molar-refractivity contribution in [3.63, 3.8) is 0 Å². The van der Waals surface area contributed by atoms with Gasteiger partial charge in [-0.15, -0.1) is 16.4 Å². The van der Waals surface area contributed by atoms with E-state index in [0.29, 0.717) is 30.1 Å². The first-order chi connectivity index (χ1) is 13.7. The highest BCUT2D eigenvalue weighted by atomic mass is 32.1. The van der Waals surface area contributed by atoms with E-state index in [9.17, 15) is 9.59 Å². The summed E-state index contributed by atoms with van der Waals surface area (Å²) >= 11 is 2.69. The largest absolute Gasteiger partial charge is 0.451 e. The quantitative estimate of drug-likeness (QED) is 0.594. The second-order valence-electron chi connectivity index (χ2n) is 6.68. The molecule has 1 aromatic carbocycles. The van der Waals surface area contributed by atoms with Crippen molar-refractivity contribution >= 4 is 45.0 Å².